The summed E-state index contributed by atoms with van der Waals surface area (Å²) >= 11 is 5.85. The van der Waals surface area contributed by atoms with E-state index < -0.39 is 0 Å². The van der Waals surface area contributed by atoms with Gasteiger partial charge in [0.15, 0.2) is 0 Å². The summed E-state index contributed by atoms with van der Waals surface area (Å²) in [7, 11) is 0. The lowest BCUT2D eigenvalue weighted by molar-refractivity contribution is 0.371. The van der Waals surface area contributed by atoms with Crippen LogP contribution in [0.2, 0.25) is 5.02 Å². The molecule has 1 saturated heterocycles. The van der Waals surface area contributed by atoms with E-state index in [0.29, 0.717) is 11.1 Å². The highest BCUT2D eigenvalue weighted by atomic mass is 35.5. The standard InChI is InChI=1S/C13H19ClN4/c14-11-7-16-13(17-8-11)18(12-1-2-12)9-10-3-5-15-6-4-10/h7-8,10,12,15H,1-6,9H2. The Morgan fingerprint density at radius 3 is 2.44 bits per heavy atom. The molecular weight excluding hydrogens is 248 g/mol. The van der Waals surface area contributed by atoms with Crippen molar-refractivity contribution in [3.63, 3.8) is 0 Å². The number of rotatable bonds is 4. The fourth-order valence-corrected chi connectivity index (χ4v) is 2.67. The lowest BCUT2D eigenvalue weighted by atomic mass is 9.97. The average Bonchev–Trinajstić information content (AvgIpc) is 3.23. The number of nitrogens with zero attached hydrogens (tertiary/aromatic N) is 3. The summed E-state index contributed by atoms with van der Waals surface area (Å²) in [6, 6.07) is 0.654. The van der Waals surface area contributed by atoms with E-state index in [4.69, 9.17) is 11.6 Å². The Morgan fingerprint density at radius 1 is 1.17 bits per heavy atom. The summed E-state index contributed by atoms with van der Waals surface area (Å²) in [5.74, 6) is 1.62. The predicted molar refractivity (Wildman–Crippen MR) is 73.0 cm³/mol. The maximum Gasteiger partial charge on any atom is 0.225 e. The molecule has 1 aromatic rings. The van der Waals surface area contributed by atoms with Gasteiger partial charge >= 0.3 is 0 Å². The number of aromatic nitrogens is 2. The molecule has 0 bridgehead atoms. The van der Waals surface area contributed by atoms with Crippen molar-refractivity contribution < 1.29 is 0 Å². The minimum absolute atomic E-state index is 0.608. The molecule has 1 aromatic heterocycles. The second-order valence-electron chi connectivity index (χ2n) is 5.28. The Balaban J connectivity index is 1.69. The van der Waals surface area contributed by atoms with Crippen molar-refractivity contribution in [3.8, 4) is 0 Å². The van der Waals surface area contributed by atoms with Gasteiger partial charge in [-0.25, -0.2) is 9.97 Å². The molecule has 0 amide bonds. The zero-order valence-corrected chi connectivity index (χ0v) is 11.2. The van der Waals surface area contributed by atoms with E-state index in [-0.39, 0.29) is 0 Å². The molecule has 1 aliphatic carbocycles. The third kappa shape index (κ3) is 2.93. The second kappa shape index (κ2) is 5.41. The van der Waals surface area contributed by atoms with Crippen LogP contribution in [0.1, 0.15) is 25.7 Å². The van der Waals surface area contributed by atoms with Crippen molar-refractivity contribution in [1.82, 2.24) is 15.3 Å². The maximum atomic E-state index is 5.85. The number of anilines is 1. The molecule has 0 spiro atoms. The summed E-state index contributed by atoms with van der Waals surface area (Å²) in [5.41, 5.74) is 0. The van der Waals surface area contributed by atoms with E-state index in [2.05, 4.69) is 20.2 Å². The fraction of sp³-hybridized carbons (Fsp3) is 0.692. The monoisotopic (exact) mass is 266 g/mol. The first-order valence-corrected chi connectivity index (χ1v) is 7.15. The Hall–Kier alpha value is -0.870. The second-order valence-corrected chi connectivity index (χ2v) is 5.71. The number of hydrogen-bond donors (Lipinski definition) is 1. The van der Waals surface area contributed by atoms with Crippen molar-refractivity contribution in [2.24, 2.45) is 5.92 Å². The quantitative estimate of drug-likeness (QED) is 0.906. The van der Waals surface area contributed by atoms with Gasteiger partial charge in [-0.1, -0.05) is 11.6 Å². The molecule has 1 aliphatic heterocycles. The molecule has 2 heterocycles. The van der Waals surface area contributed by atoms with Gasteiger partial charge in [0.05, 0.1) is 17.4 Å². The molecule has 1 saturated carbocycles. The van der Waals surface area contributed by atoms with Crippen LogP contribution in [0.4, 0.5) is 5.95 Å². The van der Waals surface area contributed by atoms with Crippen LogP contribution >= 0.6 is 11.6 Å². The summed E-state index contributed by atoms with van der Waals surface area (Å²) in [6.45, 7) is 3.38. The smallest absolute Gasteiger partial charge is 0.225 e. The molecule has 2 aliphatic rings. The van der Waals surface area contributed by atoms with Gasteiger partial charge in [0, 0.05) is 12.6 Å². The van der Waals surface area contributed by atoms with Gasteiger partial charge in [-0.2, -0.15) is 0 Å². The maximum absolute atomic E-state index is 5.85. The number of halogens is 1. The number of hydrogen-bond acceptors (Lipinski definition) is 4. The van der Waals surface area contributed by atoms with Gasteiger partial charge in [-0.05, 0) is 44.7 Å². The third-order valence-electron chi connectivity index (χ3n) is 3.76. The van der Waals surface area contributed by atoms with Gasteiger partial charge in [0.25, 0.3) is 0 Å². The molecule has 1 N–H and O–H groups in total. The Kier molecular flexibility index (Phi) is 3.66. The van der Waals surface area contributed by atoms with Gasteiger partial charge in [0.2, 0.25) is 5.95 Å². The van der Waals surface area contributed by atoms with E-state index >= 15 is 0 Å². The minimum Gasteiger partial charge on any atom is -0.338 e. The van der Waals surface area contributed by atoms with E-state index in [9.17, 15) is 0 Å². The SMILES string of the molecule is Clc1cnc(N(CC2CCNCC2)C2CC2)nc1. The predicted octanol–water partition coefficient (Wildman–Crippen LogP) is 2.10. The van der Waals surface area contributed by atoms with Gasteiger partial charge in [-0.3, -0.25) is 0 Å². The molecule has 2 fully saturated rings. The molecule has 0 unspecified atom stereocenters. The average molecular weight is 267 g/mol. The lowest BCUT2D eigenvalue weighted by Gasteiger charge is -2.30. The normalized spacial score (nSPS) is 20.9. The van der Waals surface area contributed by atoms with Crippen LogP contribution in [-0.4, -0.2) is 35.6 Å². The molecule has 0 aromatic carbocycles. The lowest BCUT2D eigenvalue weighted by Crippen LogP contribution is -2.38. The van der Waals surface area contributed by atoms with E-state index in [1.54, 1.807) is 12.4 Å². The van der Waals surface area contributed by atoms with Crippen LogP contribution in [0.3, 0.4) is 0 Å². The van der Waals surface area contributed by atoms with Crippen LogP contribution in [-0.2, 0) is 0 Å². The Morgan fingerprint density at radius 2 is 1.83 bits per heavy atom. The highest BCUT2D eigenvalue weighted by Gasteiger charge is 2.32. The van der Waals surface area contributed by atoms with Gasteiger partial charge in [0.1, 0.15) is 0 Å². The van der Waals surface area contributed by atoms with Crippen molar-refractivity contribution in [3.05, 3.63) is 17.4 Å². The molecule has 0 radical (unpaired) electrons. The third-order valence-corrected chi connectivity index (χ3v) is 3.96. The van der Waals surface area contributed by atoms with Crippen LogP contribution in [0.25, 0.3) is 0 Å². The van der Waals surface area contributed by atoms with Crippen molar-refractivity contribution in [2.75, 3.05) is 24.5 Å². The minimum atomic E-state index is 0.608. The summed E-state index contributed by atoms with van der Waals surface area (Å²) in [4.78, 5) is 11.1. The Labute approximate surface area is 113 Å². The van der Waals surface area contributed by atoms with E-state index in [0.717, 1.165) is 31.5 Å². The molecule has 98 valence electrons. The highest BCUT2D eigenvalue weighted by molar-refractivity contribution is 6.30. The summed E-state index contributed by atoms with van der Waals surface area (Å²) in [6.07, 6.45) is 8.46. The van der Waals surface area contributed by atoms with E-state index in [1.165, 1.54) is 25.7 Å². The van der Waals surface area contributed by atoms with Crippen molar-refractivity contribution >= 4 is 17.5 Å². The van der Waals surface area contributed by atoms with Crippen LogP contribution in [0.5, 0.6) is 0 Å². The molecular formula is C13H19ClN4. The molecule has 5 heteroatoms. The van der Waals surface area contributed by atoms with Gasteiger partial charge < -0.3 is 10.2 Å². The molecule has 0 atom stereocenters. The summed E-state index contributed by atoms with van der Waals surface area (Å²) in [5, 5.41) is 4.02. The first kappa shape index (κ1) is 12.2. The topological polar surface area (TPSA) is 41.1 Å². The zero-order valence-electron chi connectivity index (χ0n) is 10.5. The number of piperidine rings is 1. The Bertz CT molecular complexity index is 384. The fourth-order valence-electron chi connectivity index (χ4n) is 2.58. The number of nitrogens with one attached hydrogen (secondary N) is 1. The highest BCUT2D eigenvalue weighted by Crippen LogP contribution is 2.31. The van der Waals surface area contributed by atoms with Crippen molar-refractivity contribution in [2.45, 2.75) is 31.7 Å². The van der Waals surface area contributed by atoms with Crippen LogP contribution in [0.15, 0.2) is 12.4 Å². The van der Waals surface area contributed by atoms with Crippen molar-refractivity contribution in [1.29, 1.82) is 0 Å². The zero-order chi connectivity index (χ0) is 12.4. The molecule has 3 rings (SSSR count). The first-order valence-electron chi connectivity index (χ1n) is 6.78. The van der Waals surface area contributed by atoms with Crippen LogP contribution < -0.4 is 10.2 Å². The van der Waals surface area contributed by atoms with E-state index in [1.807, 2.05) is 0 Å². The molecule has 18 heavy (non-hydrogen) atoms. The first-order chi connectivity index (χ1) is 8.83. The van der Waals surface area contributed by atoms with Gasteiger partial charge in [-0.15, -0.1) is 0 Å². The summed E-state index contributed by atoms with van der Waals surface area (Å²) < 4.78 is 0. The van der Waals surface area contributed by atoms with Crippen LogP contribution in [0, 0.1) is 5.92 Å². The molecule has 4 nitrogen and oxygen atoms in total. The largest absolute Gasteiger partial charge is 0.338 e.